The van der Waals surface area contributed by atoms with Crippen LogP contribution < -0.4 is 5.32 Å². The van der Waals surface area contributed by atoms with E-state index in [-0.39, 0.29) is 30.3 Å². The fraction of sp³-hybridized carbons (Fsp3) is 0.647. The van der Waals surface area contributed by atoms with Crippen molar-refractivity contribution in [2.45, 2.75) is 202 Å². The van der Waals surface area contributed by atoms with Gasteiger partial charge < -0.3 is 24.8 Å². The first-order valence-corrected chi connectivity index (χ1v) is 27.8. The van der Waals surface area contributed by atoms with E-state index in [0.717, 1.165) is 41.9 Å². The van der Waals surface area contributed by atoms with Gasteiger partial charge in [0, 0.05) is 55.9 Å². The van der Waals surface area contributed by atoms with E-state index in [2.05, 4.69) is 235 Å². The molecule has 0 radical (unpaired) electrons. The Labute approximate surface area is 450 Å². The fourth-order valence-corrected chi connectivity index (χ4v) is 11.0. The number of aliphatic hydroxyl groups is 2. The van der Waals surface area contributed by atoms with Crippen LogP contribution in [0.3, 0.4) is 0 Å². The number of rotatable bonds is 2. The maximum Gasteiger partial charge on any atom is 0.0686 e. The second kappa shape index (κ2) is 26.9. The van der Waals surface area contributed by atoms with Crippen molar-refractivity contribution in [2.75, 3.05) is 26.4 Å². The lowest BCUT2D eigenvalue weighted by molar-refractivity contribution is 0.0223. The summed E-state index contributed by atoms with van der Waals surface area (Å²) in [5, 5.41) is 25.6. The minimum atomic E-state index is 0. The molecule has 0 amide bonds. The quantitative estimate of drug-likeness (QED) is 0.187. The second-order valence-corrected chi connectivity index (χ2v) is 28.3. The molecular formula is C68H112N2O3. The normalized spacial score (nSPS) is 20.2. The number of allylic oxidation sites excluding steroid dienone is 1. The molecule has 3 fully saturated rings. The van der Waals surface area contributed by atoms with E-state index in [4.69, 9.17) is 9.84 Å². The number of aromatic nitrogens is 1. The predicted molar refractivity (Wildman–Crippen MR) is 322 cm³/mol. The van der Waals surface area contributed by atoms with Gasteiger partial charge in [0.2, 0.25) is 0 Å². The molecular weight excluding hydrogens is 893 g/mol. The van der Waals surface area contributed by atoms with Gasteiger partial charge in [-0.2, -0.15) is 0 Å². The van der Waals surface area contributed by atoms with Crippen molar-refractivity contribution in [1.29, 1.82) is 0 Å². The summed E-state index contributed by atoms with van der Waals surface area (Å²) in [4.78, 5) is 0. The monoisotopic (exact) mass is 1000 g/mol. The van der Waals surface area contributed by atoms with Crippen molar-refractivity contribution in [1.82, 2.24) is 9.88 Å². The maximum atomic E-state index is 9.34. The number of ether oxygens (including phenoxy) is 1. The summed E-state index contributed by atoms with van der Waals surface area (Å²) < 4.78 is 7.50. The van der Waals surface area contributed by atoms with E-state index >= 15 is 0 Å². The third-order valence-electron chi connectivity index (χ3n) is 16.3. The highest BCUT2D eigenvalue weighted by Crippen LogP contribution is 2.57. The molecule has 2 aliphatic heterocycles. The van der Waals surface area contributed by atoms with Crippen molar-refractivity contribution in [3.63, 3.8) is 0 Å². The summed E-state index contributed by atoms with van der Waals surface area (Å²) in [5.41, 5.74) is 9.66. The molecule has 4 aromatic rings. The molecule has 1 aromatic heterocycles. The molecule has 3 N–H and O–H groups in total. The minimum absolute atomic E-state index is 0. The summed E-state index contributed by atoms with van der Waals surface area (Å²) in [6.07, 6.45) is 15.2. The van der Waals surface area contributed by atoms with Crippen LogP contribution in [0.4, 0.5) is 0 Å². The van der Waals surface area contributed by atoms with Gasteiger partial charge in [-0.15, -0.1) is 0 Å². The van der Waals surface area contributed by atoms with E-state index in [1.165, 1.54) is 77.7 Å². The highest BCUT2D eigenvalue weighted by molar-refractivity contribution is 5.85. The van der Waals surface area contributed by atoms with Crippen molar-refractivity contribution in [3.05, 3.63) is 120 Å². The molecule has 412 valence electrons. The average molecular weight is 1010 g/mol. The Hall–Kier alpha value is -3.64. The molecule has 5 heteroatoms. The van der Waals surface area contributed by atoms with Crippen molar-refractivity contribution in [2.24, 2.45) is 57.8 Å². The van der Waals surface area contributed by atoms with E-state index < -0.39 is 0 Å². The van der Waals surface area contributed by atoms with Crippen LogP contribution in [0.15, 0.2) is 109 Å². The number of aliphatic hydroxyl groups excluding tert-OH is 2. The summed E-state index contributed by atoms with van der Waals surface area (Å²) >= 11 is 0. The average Bonchev–Trinajstić information content (AvgIpc) is 3.97. The van der Waals surface area contributed by atoms with Gasteiger partial charge in [0.1, 0.15) is 0 Å². The van der Waals surface area contributed by atoms with Crippen molar-refractivity contribution >= 4 is 21.7 Å². The summed E-state index contributed by atoms with van der Waals surface area (Å²) in [7, 11) is 2.11. The van der Waals surface area contributed by atoms with Gasteiger partial charge >= 0.3 is 0 Å². The first-order valence-electron chi connectivity index (χ1n) is 27.8. The zero-order valence-corrected chi connectivity index (χ0v) is 50.1. The van der Waals surface area contributed by atoms with Crippen LogP contribution in [-0.4, -0.2) is 41.2 Å². The van der Waals surface area contributed by atoms with Gasteiger partial charge in [-0.1, -0.05) is 226 Å². The Morgan fingerprint density at radius 1 is 0.699 bits per heavy atom. The number of hydrogen-bond donors (Lipinski definition) is 3. The van der Waals surface area contributed by atoms with Gasteiger partial charge in [0.15, 0.2) is 0 Å². The standard InChI is InChI=1S/C14H16.C13H17N.C12H24O.C11H17NO.C9H18O.C8H16.CH4/c1-14(2,3)13-9-8-11-6-4-5-7-12(11)10-13;1-13(2,3)11-9-14(4)12-8-6-5-7-10(11)12;1-9-6-5-7-10(8-13)11(9)12(2,3)4;1-8-10(11(2,3)4)9(7-13)5-6-12-8;1-9(2,3)8-4-6-10-7-5-8;1-7(2,3)8(4)5-6-8;/h4-10H,1-3H3;5-9H,1-4H3;9-11,13H,5-8H2,1-4H3;5-6,12-13H,1,7H2,2-4H3;8H,4-7H2,1-3H3;5-6H2,1-4H3;1H4. The lowest BCUT2D eigenvalue weighted by atomic mass is 9.62. The number of hydrogen-bond acceptors (Lipinski definition) is 4. The van der Waals surface area contributed by atoms with Crippen molar-refractivity contribution in [3.8, 4) is 0 Å². The second-order valence-electron chi connectivity index (χ2n) is 28.3. The van der Waals surface area contributed by atoms with Crippen LogP contribution in [0.25, 0.3) is 21.7 Å². The zero-order chi connectivity index (χ0) is 54.7. The third-order valence-corrected chi connectivity index (χ3v) is 16.3. The number of nitrogens with one attached hydrogen (secondary N) is 1. The minimum Gasteiger partial charge on any atom is -0.396 e. The molecule has 4 aliphatic rings. The Morgan fingerprint density at radius 2 is 1.26 bits per heavy atom. The van der Waals surface area contributed by atoms with Crippen LogP contribution in [-0.2, 0) is 22.6 Å². The number of aryl methyl sites for hydroxylation is 1. The number of nitrogens with zero attached hydrogens (tertiary/aromatic N) is 1. The molecule has 3 heterocycles. The van der Waals surface area contributed by atoms with E-state index in [1.54, 1.807) is 0 Å². The highest BCUT2D eigenvalue weighted by atomic mass is 16.5. The van der Waals surface area contributed by atoms with Crippen LogP contribution in [0, 0.1) is 50.7 Å². The molecule has 0 spiro atoms. The molecule has 0 bridgehead atoms. The Balaban J connectivity index is 0.000000302. The van der Waals surface area contributed by atoms with Gasteiger partial charge in [-0.3, -0.25) is 0 Å². The van der Waals surface area contributed by atoms with Crippen LogP contribution in [0.5, 0.6) is 0 Å². The fourth-order valence-electron chi connectivity index (χ4n) is 11.0. The molecule has 2 aliphatic carbocycles. The van der Waals surface area contributed by atoms with E-state index in [0.29, 0.717) is 40.1 Å². The van der Waals surface area contributed by atoms with Crippen LogP contribution >= 0.6 is 0 Å². The number of benzene rings is 3. The topological polar surface area (TPSA) is 66.7 Å². The largest absolute Gasteiger partial charge is 0.396 e. The highest BCUT2D eigenvalue weighted by Gasteiger charge is 2.47. The molecule has 73 heavy (non-hydrogen) atoms. The predicted octanol–water partition coefficient (Wildman–Crippen LogP) is 18.6. The Kier molecular flexibility index (Phi) is 24.1. The van der Waals surface area contributed by atoms with E-state index in [9.17, 15) is 5.11 Å². The van der Waals surface area contributed by atoms with Crippen LogP contribution in [0.1, 0.15) is 202 Å². The molecule has 2 saturated carbocycles. The molecule has 1 saturated heterocycles. The first-order chi connectivity index (χ1) is 33.1. The van der Waals surface area contributed by atoms with Gasteiger partial charge in [-0.25, -0.2) is 0 Å². The van der Waals surface area contributed by atoms with Gasteiger partial charge in [0.25, 0.3) is 0 Å². The van der Waals surface area contributed by atoms with Gasteiger partial charge in [0.05, 0.1) is 6.61 Å². The van der Waals surface area contributed by atoms with Gasteiger partial charge in [-0.05, 0) is 139 Å². The maximum absolute atomic E-state index is 9.34. The first kappa shape index (κ1) is 65.5. The SMILES string of the molecule is C.C=C1NC=CC(CO)=C1C(C)(C)C.CC(C)(C)C1(C)CC1.CC(C)(C)C1CCOCC1.CC(C)(C)c1ccc2ccccc2c1.CC1CCCC(CO)C1C(C)(C)C.Cn1cc(C(C)(C)C)c2ccccc21. The summed E-state index contributed by atoms with van der Waals surface area (Å²) in [5.74, 6) is 2.90. The lowest BCUT2D eigenvalue weighted by Gasteiger charge is -2.44. The summed E-state index contributed by atoms with van der Waals surface area (Å²) in [6, 6.07) is 23.8. The Morgan fingerprint density at radius 3 is 1.68 bits per heavy atom. The molecule has 3 aromatic carbocycles. The molecule has 3 atom stereocenters. The number of fused-ring (bicyclic) bond motifs is 2. The summed E-state index contributed by atoms with van der Waals surface area (Å²) in [6.45, 7) is 51.8. The molecule has 8 rings (SSSR count). The number of para-hydroxylation sites is 1. The van der Waals surface area contributed by atoms with Crippen LogP contribution in [0.2, 0.25) is 0 Å². The van der Waals surface area contributed by atoms with Crippen molar-refractivity contribution < 1.29 is 14.9 Å². The third kappa shape index (κ3) is 19.8. The molecule has 5 nitrogen and oxygen atoms in total. The molecule has 3 unspecified atom stereocenters. The lowest BCUT2D eigenvalue weighted by Crippen LogP contribution is -2.38. The Bertz CT molecular complexity index is 2340. The number of dihydropyridines is 1. The smallest absolute Gasteiger partial charge is 0.0686 e. The zero-order valence-electron chi connectivity index (χ0n) is 50.1. The van der Waals surface area contributed by atoms with E-state index in [1.807, 2.05) is 12.3 Å².